The minimum atomic E-state index is -0.559. The molecule has 0 saturated carbocycles. The maximum Gasteiger partial charge on any atom is 0.270 e. The first kappa shape index (κ1) is 12.5. The van der Waals surface area contributed by atoms with Crippen LogP contribution in [0, 0.1) is 21.4 Å². The molecular formula is C12H7N7O2. The minimum absolute atomic E-state index is 0.140. The van der Waals surface area contributed by atoms with E-state index < -0.39 is 4.92 Å². The first-order valence-corrected chi connectivity index (χ1v) is 5.74. The van der Waals surface area contributed by atoms with Crippen LogP contribution in [-0.4, -0.2) is 24.4 Å². The molecule has 2 aromatic heterocycles. The number of nitro groups is 1. The SMILES string of the molecule is N#Cc1cc([N+](=O)[O-])ccc1-n1cnc2c(N)ncnc21. The highest BCUT2D eigenvalue weighted by Gasteiger charge is 2.15. The third-order valence-corrected chi connectivity index (χ3v) is 2.93. The first-order valence-electron chi connectivity index (χ1n) is 5.74. The molecule has 0 saturated heterocycles. The number of nitrogens with zero attached hydrogens (tertiary/aromatic N) is 6. The largest absolute Gasteiger partial charge is 0.382 e. The molecule has 0 aliphatic rings. The van der Waals surface area contributed by atoms with Crippen LogP contribution < -0.4 is 5.73 Å². The van der Waals surface area contributed by atoms with Crippen LogP contribution in [0.15, 0.2) is 30.9 Å². The first-order chi connectivity index (χ1) is 10.1. The van der Waals surface area contributed by atoms with Crippen LogP contribution in [0.1, 0.15) is 5.56 Å². The Kier molecular flexibility index (Phi) is 2.70. The maximum atomic E-state index is 10.8. The smallest absolute Gasteiger partial charge is 0.270 e. The summed E-state index contributed by atoms with van der Waals surface area (Å²) in [4.78, 5) is 22.2. The van der Waals surface area contributed by atoms with Gasteiger partial charge in [0.1, 0.15) is 18.7 Å². The molecule has 9 nitrogen and oxygen atoms in total. The van der Waals surface area contributed by atoms with Crippen LogP contribution >= 0.6 is 0 Å². The summed E-state index contributed by atoms with van der Waals surface area (Å²) in [6, 6.07) is 5.91. The van der Waals surface area contributed by atoms with Gasteiger partial charge in [0, 0.05) is 12.1 Å². The van der Waals surface area contributed by atoms with Gasteiger partial charge in [0.2, 0.25) is 0 Å². The zero-order valence-corrected chi connectivity index (χ0v) is 10.5. The van der Waals surface area contributed by atoms with E-state index in [0.717, 1.165) is 0 Å². The highest BCUT2D eigenvalue weighted by Crippen LogP contribution is 2.24. The highest BCUT2D eigenvalue weighted by atomic mass is 16.6. The van der Waals surface area contributed by atoms with E-state index >= 15 is 0 Å². The van der Waals surface area contributed by atoms with Crippen molar-refractivity contribution in [3.8, 4) is 11.8 Å². The normalized spacial score (nSPS) is 10.4. The Balaban J connectivity index is 2.26. The number of nitrogens with two attached hydrogens (primary N) is 1. The van der Waals surface area contributed by atoms with E-state index in [1.807, 2.05) is 6.07 Å². The molecule has 0 aliphatic carbocycles. The summed E-state index contributed by atoms with van der Waals surface area (Å²) >= 11 is 0. The molecule has 0 radical (unpaired) electrons. The summed E-state index contributed by atoms with van der Waals surface area (Å²) in [5.74, 6) is 0.221. The summed E-state index contributed by atoms with van der Waals surface area (Å²) in [5.41, 5.74) is 6.94. The lowest BCUT2D eigenvalue weighted by Gasteiger charge is -2.05. The standard InChI is InChI=1S/C12H7N7O2/c13-4-7-3-8(19(20)21)1-2-9(7)18-6-17-10-11(14)15-5-16-12(10)18/h1-3,5-6H,(H2,14,15,16). The Bertz CT molecular complexity index is 910. The molecule has 1 aromatic carbocycles. The zero-order valence-electron chi connectivity index (χ0n) is 10.5. The molecule has 102 valence electrons. The fourth-order valence-electron chi connectivity index (χ4n) is 1.97. The van der Waals surface area contributed by atoms with Gasteiger partial charge < -0.3 is 5.73 Å². The highest BCUT2D eigenvalue weighted by molar-refractivity contribution is 5.83. The monoisotopic (exact) mass is 281 g/mol. The molecule has 0 bridgehead atoms. The van der Waals surface area contributed by atoms with Crippen molar-refractivity contribution < 1.29 is 4.92 Å². The van der Waals surface area contributed by atoms with Gasteiger partial charge in [0.25, 0.3) is 5.69 Å². The molecule has 3 rings (SSSR count). The molecule has 0 atom stereocenters. The Hall–Kier alpha value is -3.54. The van der Waals surface area contributed by atoms with Crippen LogP contribution in [0.4, 0.5) is 11.5 Å². The van der Waals surface area contributed by atoms with Gasteiger partial charge in [-0.1, -0.05) is 0 Å². The summed E-state index contributed by atoms with van der Waals surface area (Å²) in [5, 5.41) is 20.0. The van der Waals surface area contributed by atoms with Crippen LogP contribution in [0.3, 0.4) is 0 Å². The number of nitriles is 1. The lowest BCUT2D eigenvalue weighted by Crippen LogP contribution is -2.00. The quantitative estimate of drug-likeness (QED) is 0.549. The van der Waals surface area contributed by atoms with Gasteiger partial charge in [0.15, 0.2) is 17.0 Å². The average molecular weight is 281 g/mol. The minimum Gasteiger partial charge on any atom is -0.382 e. The molecule has 2 heterocycles. The Morgan fingerprint density at radius 2 is 2.14 bits per heavy atom. The molecule has 2 N–H and O–H groups in total. The number of benzene rings is 1. The number of non-ortho nitro benzene ring substituents is 1. The number of hydrogen-bond acceptors (Lipinski definition) is 7. The second-order valence-corrected chi connectivity index (χ2v) is 4.12. The maximum absolute atomic E-state index is 10.8. The predicted molar refractivity (Wildman–Crippen MR) is 72.4 cm³/mol. The number of hydrogen-bond donors (Lipinski definition) is 1. The van der Waals surface area contributed by atoms with Crippen molar-refractivity contribution >= 4 is 22.7 Å². The number of nitrogen functional groups attached to an aromatic ring is 1. The predicted octanol–water partition coefficient (Wildman–Crippen LogP) is 1.18. The van der Waals surface area contributed by atoms with E-state index in [9.17, 15) is 15.4 Å². The summed E-state index contributed by atoms with van der Waals surface area (Å²) in [6.45, 7) is 0. The number of nitro benzene ring substituents is 1. The molecule has 0 aliphatic heterocycles. The van der Waals surface area contributed by atoms with E-state index in [2.05, 4.69) is 15.0 Å². The number of anilines is 1. The number of imidazole rings is 1. The number of aromatic nitrogens is 4. The van der Waals surface area contributed by atoms with Gasteiger partial charge in [-0.25, -0.2) is 15.0 Å². The molecular weight excluding hydrogens is 274 g/mol. The second-order valence-electron chi connectivity index (χ2n) is 4.12. The lowest BCUT2D eigenvalue weighted by atomic mass is 10.1. The van der Waals surface area contributed by atoms with Crippen molar-refractivity contribution in [3.63, 3.8) is 0 Å². The molecule has 0 unspecified atom stereocenters. The molecule has 21 heavy (non-hydrogen) atoms. The second kappa shape index (κ2) is 4.53. The summed E-state index contributed by atoms with van der Waals surface area (Å²) in [6.07, 6.45) is 2.73. The van der Waals surface area contributed by atoms with Gasteiger partial charge in [-0.15, -0.1) is 0 Å². The number of rotatable bonds is 2. The molecule has 0 fully saturated rings. The summed E-state index contributed by atoms with van der Waals surface area (Å²) in [7, 11) is 0. The molecule has 0 spiro atoms. The third kappa shape index (κ3) is 1.91. The summed E-state index contributed by atoms with van der Waals surface area (Å²) < 4.78 is 1.54. The van der Waals surface area contributed by atoms with Gasteiger partial charge in [-0.05, 0) is 6.07 Å². The van der Waals surface area contributed by atoms with Gasteiger partial charge in [0.05, 0.1) is 16.2 Å². The van der Waals surface area contributed by atoms with Gasteiger partial charge in [-0.2, -0.15) is 5.26 Å². The average Bonchev–Trinajstić information content (AvgIpc) is 2.91. The fourth-order valence-corrected chi connectivity index (χ4v) is 1.97. The van der Waals surface area contributed by atoms with Gasteiger partial charge in [-0.3, -0.25) is 14.7 Å². The van der Waals surface area contributed by atoms with Crippen molar-refractivity contribution in [1.29, 1.82) is 5.26 Å². The van der Waals surface area contributed by atoms with E-state index in [1.165, 1.54) is 35.4 Å². The topological polar surface area (TPSA) is 137 Å². The molecule has 3 aromatic rings. The van der Waals surface area contributed by atoms with Gasteiger partial charge >= 0.3 is 0 Å². The van der Waals surface area contributed by atoms with Crippen LogP contribution in [0.25, 0.3) is 16.9 Å². The Morgan fingerprint density at radius 3 is 2.86 bits per heavy atom. The fraction of sp³-hybridized carbons (Fsp3) is 0. The zero-order chi connectivity index (χ0) is 15.0. The Labute approximate surface area is 117 Å². The van der Waals surface area contributed by atoms with Crippen molar-refractivity contribution in [3.05, 3.63) is 46.5 Å². The van der Waals surface area contributed by atoms with Crippen molar-refractivity contribution in [1.82, 2.24) is 19.5 Å². The van der Waals surface area contributed by atoms with Crippen molar-refractivity contribution in [2.75, 3.05) is 5.73 Å². The van der Waals surface area contributed by atoms with E-state index in [4.69, 9.17) is 5.73 Å². The van der Waals surface area contributed by atoms with Crippen molar-refractivity contribution in [2.24, 2.45) is 0 Å². The van der Waals surface area contributed by atoms with Crippen molar-refractivity contribution in [2.45, 2.75) is 0 Å². The van der Waals surface area contributed by atoms with Crippen LogP contribution in [-0.2, 0) is 0 Å². The van der Waals surface area contributed by atoms with Crippen LogP contribution in [0.2, 0.25) is 0 Å². The Morgan fingerprint density at radius 1 is 1.33 bits per heavy atom. The van der Waals surface area contributed by atoms with E-state index in [-0.39, 0.29) is 17.1 Å². The van der Waals surface area contributed by atoms with E-state index in [0.29, 0.717) is 16.9 Å². The van der Waals surface area contributed by atoms with E-state index in [1.54, 1.807) is 0 Å². The van der Waals surface area contributed by atoms with Crippen LogP contribution in [0.5, 0.6) is 0 Å². The molecule has 0 amide bonds. The molecule has 9 heteroatoms. The third-order valence-electron chi connectivity index (χ3n) is 2.93. The lowest BCUT2D eigenvalue weighted by molar-refractivity contribution is -0.384. The number of fused-ring (bicyclic) bond motifs is 1.